The number of para-hydroxylation sites is 1. The monoisotopic (exact) mass is 419 g/mol. The molecule has 0 amide bonds. The van der Waals surface area contributed by atoms with Crippen LogP contribution in [-0.4, -0.2) is 41.8 Å². The highest BCUT2D eigenvalue weighted by Gasteiger charge is 2.36. The van der Waals surface area contributed by atoms with Crippen LogP contribution < -0.4 is 4.74 Å². The topological polar surface area (TPSA) is 85.5 Å². The Morgan fingerprint density at radius 3 is 2.82 bits per heavy atom. The lowest BCUT2D eigenvalue weighted by molar-refractivity contribution is 0.218. The fraction of sp³-hybridized carbons (Fsp3) is 0.368. The van der Waals surface area contributed by atoms with Gasteiger partial charge in [-0.1, -0.05) is 24.6 Å². The summed E-state index contributed by atoms with van der Waals surface area (Å²) in [5.74, 6) is 1.34. The lowest BCUT2D eigenvalue weighted by Crippen LogP contribution is -2.41. The van der Waals surface area contributed by atoms with Gasteiger partial charge in [-0.2, -0.15) is 15.6 Å². The Morgan fingerprint density at radius 2 is 2.04 bits per heavy atom. The quantitative estimate of drug-likeness (QED) is 0.580. The molecule has 1 saturated heterocycles. The predicted molar refractivity (Wildman–Crippen MR) is 107 cm³/mol. The number of aromatic nitrogens is 2. The molecule has 0 spiro atoms. The second-order valence-electron chi connectivity index (χ2n) is 6.56. The molecule has 0 saturated carbocycles. The van der Waals surface area contributed by atoms with Crippen LogP contribution in [0.15, 0.2) is 51.6 Å². The van der Waals surface area contributed by atoms with Gasteiger partial charge in [0.2, 0.25) is 21.8 Å². The number of thiophene rings is 1. The van der Waals surface area contributed by atoms with Gasteiger partial charge in [0, 0.05) is 17.5 Å². The van der Waals surface area contributed by atoms with Crippen LogP contribution in [0.3, 0.4) is 0 Å². The van der Waals surface area contributed by atoms with Crippen molar-refractivity contribution in [2.45, 2.75) is 25.3 Å². The molecule has 28 heavy (non-hydrogen) atoms. The molecule has 7 nitrogen and oxygen atoms in total. The summed E-state index contributed by atoms with van der Waals surface area (Å²) >= 11 is 1.54. The van der Waals surface area contributed by atoms with Crippen molar-refractivity contribution in [1.82, 2.24) is 14.5 Å². The molecule has 0 aliphatic carbocycles. The van der Waals surface area contributed by atoms with E-state index < -0.39 is 16.1 Å². The summed E-state index contributed by atoms with van der Waals surface area (Å²) in [6, 6.07) is 10.7. The normalized spacial score (nSPS) is 18.2. The fourth-order valence-corrected chi connectivity index (χ4v) is 5.40. The first-order valence-corrected chi connectivity index (χ1v) is 11.7. The van der Waals surface area contributed by atoms with E-state index in [-0.39, 0.29) is 12.4 Å². The molecule has 3 aromatic rings. The van der Waals surface area contributed by atoms with Crippen LogP contribution in [0.25, 0.3) is 11.5 Å². The van der Waals surface area contributed by atoms with Crippen molar-refractivity contribution in [1.29, 1.82) is 0 Å². The lowest BCUT2D eigenvalue weighted by atomic mass is 10.1. The van der Waals surface area contributed by atoms with E-state index in [1.165, 1.54) is 4.31 Å². The van der Waals surface area contributed by atoms with Gasteiger partial charge in [-0.05, 0) is 36.4 Å². The molecule has 0 N–H and O–H groups in total. The highest BCUT2D eigenvalue weighted by atomic mass is 32.2. The van der Waals surface area contributed by atoms with E-state index >= 15 is 0 Å². The van der Waals surface area contributed by atoms with Gasteiger partial charge in [0.25, 0.3) is 0 Å². The van der Waals surface area contributed by atoms with Gasteiger partial charge in [0.1, 0.15) is 18.4 Å². The van der Waals surface area contributed by atoms with Crippen LogP contribution >= 0.6 is 11.3 Å². The minimum Gasteiger partial charge on any atom is -0.492 e. The Morgan fingerprint density at radius 1 is 1.18 bits per heavy atom. The third kappa shape index (κ3) is 4.26. The van der Waals surface area contributed by atoms with E-state index in [2.05, 4.69) is 10.2 Å². The van der Waals surface area contributed by atoms with E-state index in [0.29, 0.717) is 30.5 Å². The Balaban J connectivity index is 1.47. The summed E-state index contributed by atoms with van der Waals surface area (Å²) in [6.07, 6.45) is 2.41. The van der Waals surface area contributed by atoms with E-state index in [4.69, 9.17) is 9.15 Å². The van der Waals surface area contributed by atoms with E-state index in [9.17, 15) is 8.42 Å². The largest absolute Gasteiger partial charge is 0.492 e. The second kappa shape index (κ2) is 8.42. The maximum atomic E-state index is 13.0. The smallest absolute Gasteiger partial charge is 0.248 e. The van der Waals surface area contributed by atoms with Gasteiger partial charge in [-0.15, -0.1) is 10.2 Å². The van der Waals surface area contributed by atoms with Crippen molar-refractivity contribution < 1.29 is 17.6 Å². The first kappa shape index (κ1) is 19.1. The molecule has 3 heterocycles. The lowest BCUT2D eigenvalue weighted by Gasteiger charge is -2.32. The van der Waals surface area contributed by atoms with Crippen LogP contribution in [-0.2, 0) is 10.0 Å². The Hall–Kier alpha value is -2.23. The predicted octanol–water partition coefficient (Wildman–Crippen LogP) is 3.73. The van der Waals surface area contributed by atoms with E-state index in [1.807, 2.05) is 35.0 Å². The van der Waals surface area contributed by atoms with Gasteiger partial charge in [-0.3, -0.25) is 0 Å². The van der Waals surface area contributed by atoms with Gasteiger partial charge in [0.05, 0.1) is 5.75 Å². The highest BCUT2D eigenvalue weighted by molar-refractivity contribution is 7.89. The number of piperidine rings is 1. The number of hydrogen-bond donors (Lipinski definition) is 0. The van der Waals surface area contributed by atoms with Crippen LogP contribution in [0.5, 0.6) is 5.75 Å². The summed E-state index contributed by atoms with van der Waals surface area (Å²) in [6.45, 7) is 0.550. The molecule has 2 aromatic heterocycles. The Kier molecular flexibility index (Phi) is 5.74. The fourth-order valence-electron chi connectivity index (χ4n) is 3.26. The summed E-state index contributed by atoms with van der Waals surface area (Å²) in [5.41, 5.74) is 0.852. The van der Waals surface area contributed by atoms with Crippen LogP contribution in [0.4, 0.5) is 0 Å². The van der Waals surface area contributed by atoms with Crippen molar-refractivity contribution in [3.8, 4) is 17.2 Å². The van der Waals surface area contributed by atoms with Crippen molar-refractivity contribution >= 4 is 21.4 Å². The zero-order chi connectivity index (χ0) is 19.4. The average molecular weight is 420 g/mol. The summed E-state index contributed by atoms with van der Waals surface area (Å²) < 4.78 is 38.8. The first-order chi connectivity index (χ1) is 13.6. The molecule has 1 atom stereocenters. The van der Waals surface area contributed by atoms with Gasteiger partial charge >= 0.3 is 0 Å². The third-order valence-corrected chi connectivity index (χ3v) is 7.18. The molecule has 148 valence electrons. The molecular formula is C19H21N3O4S2. The minimum absolute atomic E-state index is 0.0933. The molecular weight excluding hydrogens is 398 g/mol. The average Bonchev–Trinajstić information content (AvgIpc) is 3.40. The molecule has 9 heteroatoms. The number of rotatable bonds is 7. The Bertz CT molecular complexity index is 987. The molecule has 0 unspecified atom stereocenters. The second-order valence-corrected chi connectivity index (χ2v) is 9.38. The van der Waals surface area contributed by atoms with Crippen LogP contribution in [0.1, 0.15) is 31.2 Å². The molecule has 1 fully saturated rings. The van der Waals surface area contributed by atoms with Crippen molar-refractivity contribution in [2.24, 2.45) is 0 Å². The van der Waals surface area contributed by atoms with Crippen molar-refractivity contribution in [3.05, 3.63) is 53.0 Å². The summed E-state index contributed by atoms with van der Waals surface area (Å²) in [4.78, 5) is 0. The summed E-state index contributed by atoms with van der Waals surface area (Å²) in [5, 5.41) is 12.1. The number of sulfonamides is 1. The number of hydrogen-bond acceptors (Lipinski definition) is 7. The zero-order valence-corrected chi connectivity index (χ0v) is 16.9. The molecule has 0 bridgehead atoms. The molecule has 1 aliphatic heterocycles. The minimum atomic E-state index is -3.51. The Labute approximate surface area is 168 Å². The van der Waals surface area contributed by atoms with E-state index in [0.717, 1.165) is 18.4 Å². The highest BCUT2D eigenvalue weighted by Crippen LogP contribution is 2.34. The molecule has 1 aromatic carbocycles. The van der Waals surface area contributed by atoms with Crippen molar-refractivity contribution in [2.75, 3.05) is 18.9 Å². The maximum Gasteiger partial charge on any atom is 0.248 e. The molecule has 0 radical (unpaired) electrons. The third-order valence-electron chi connectivity index (χ3n) is 4.66. The van der Waals surface area contributed by atoms with Crippen LogP contribution in [0.2, 0.25) is 0 Å². The summed E-state index contributed by atoms with van der Waals surface area (Å²) in [7, 11) is -3.51. The number of benzene rings is 1. The SMILES string of the molecule is O=S(=O)(CCOc1ccccc1)N1CCCC[C@H]1c1nnc(-c2ccsc2)o1. The zero-order valence-electron chi connectivity index (χ0n) is 15.2. The standard InChI is InChI=1S/C19H21N3O4S2/c23-28(24,13-11-25-16-6-2-1-3-7-16)22-10-5-4-8-17(22)19-21-20-18(26-19)15-9-12-27-14-15/h1-3,6-7,9,12,14,17H,4-5,8,10-11,13H2/t17-/m0/s1. The molecule has 4 rings (SSSR count). The van der Waals surface area contributed by atoms with Gasteiger partial charge in [-0.25, -0.2) is 8.42 Å². The van der Waals surface area contributed by atoms with Gasteiger partial charge < -0.3 is 9.15 Å². The van der Waals surface area contributed by atoms with Crippen molar-refractivity contribution in [3.63, 3.8) is 0 Å². The maximum absolute atomic E-state index is 13.0. The van der Waals surface area contributed by atoms with E-state index in [1.54, 1.807) is 23.5 Å². The van der Waals surface area contributed by atoms with Crippen LogP contribution in [0, 0.1) is 0 Å². The number of nitrogens with zero attached hydrogens (tertiary/aromatic N) is 3. The first-order valence-electron chi connectivity index (χ1n) is 9.17. The number of ether oxygens (including phenoxy) is 1. The van der Waals surface area contributed by atoms with Gasteiger partial charge in [0.15, 0.2) is 0 Å². The molecule has 1 aliphatic rings.